The lowest BCUT2D eigenvalue weighted by Crippen LogP contribution is -2.26. The number of hydrogen-bond donors (Lipinski definition) is 0. The van der Waals surface area contributed by atoms with Crippen molar-refractivity contribution in [3.63, 3.8) is 0 Å². The van der Waals surface area contributed by atoms with Crippen molar-refractivity contribution in [3.05, 3.63) is 0 Å². The second kappa shape index (κ2) is 4.77. The lowest BCUT2D eigenvalue weighted by molar-refractivity contribution is -0.138. The van der Waals surface area contributed by atoms with Crippen molar-refractivity contribution in [3.8, 4) is 0 Å². The third kappa shape index (κ3) is 2.21. The number of rotatable bonds is 4. The molecule has 3 nitrogen and oxygen atoms in total. The van der Waals surface area contributed by atoms with E-state index >= 15 is 0 Å². The van der Waals surface area contributed by atoms with Crippen LogP contribution in [0.3, 0.4) is 0 Å². The van der Waals surface area contributed by atoms with Gasteiger partial charge in [-0.2, -0.15) is 0 Å². The molecule has 0 aromatic rings. The lowest BCUT2D eigenvalue weighted by atomic mass is 9.84. The second-order valence-corrected chi connectivity index (χ2v) is 4.61. The number of carbonyl (C=O) groups excluding carboxylic acids is 2. The number of likely N-dealkylation sites (tertiary alicyclic amines) is 1. The Morgan fingerprint density at radius 3 is 2.20 bits per heavy atom. The molecule has 1 aliphatic heterocycles. The highest BCUT2D eigenvalue weighted by Crippen LogP contribution is 2.33. The van der Waals surface area contributed by atoms with Crippen molar-refractivity contribution in [1.82, 2.24) is 4.90 Å². The second-order valence-electron chi connectivity index (χ2n) is 4.61. The molecule has 0 radical (unpaired) electrons. The first-order valence-corrected chi connectivity index (χ1v) is 5.84. The minimum atomic E-state index is -0.0727. The van der Waals surface area contributed by atoms with Crippen LogP contribution in [0.5, 0.6) is 0 Å². The maximum atomic E-state index is 11.8. The first-order valence-electron chi connectivity index (χ1n) is 5.84. The summed E-state index contributed by atoms with van der Waals surface area (Å²) in [4.78, 5) is 24.9. The first kappa shape index (κ1) is 12.2. The third-order valence-electron chi connectivity index (χ3n) is 3.57. The van der Waals surface area contributed by atoms with Crippen molar-refractivity contribution >= 4 is 11.8 Å². The molecule has 1 aliphatic rings. The number of imide groups is 1. The van der Waals surface area contributed by atoms with Crippen LogP contribution >= 0.6 is 0 Å². The Labute approximate surface area is 91.8 Å². The summed E-state index contributed by atoms with van der Waals surface area (Å²) in [5.74, 6) is 0.411. The average molecular weight is 211 g/mol. The predicted octanol–water partition coefficient (Wildman–Crippen LogP) is 2.06. The molecule has 1 heterocycles. The van der Waals surface area contributed by atoms with Gasteiger partial charge in [0.05, 0.1) is 5.92 Å². The van der Waals surface area contributed by atoms with Gasteiger partial charge in [0.25, 0.3) is 0 Å². The normalized spacial score (nSPS) is 28.7. The molecule has 0 aliphatic carbocycles. The fraction of sp³-hybridized carbons (Fsp3) is 0.833. The summed E-state index contributed by atoms with van der Waals surface area (Å²) >= 11 is 0. The Balaban J connectivity index is 2.77. The third-order valence-corrected chi connectivity index (χ3v) is 3.57. The van der Waals surface area contributed by atoms with Crippen molar-refractivity contribution < 1.29 is 9.59 Å². The van der Waals surface area contributed by atoms with Crippen LogP contribution in [0.15, 0.2) is 0 Å². The van der Waals surface area contributed by atoms with E-state index < -0.39 is 0 Å². The topological polar surface area (TPSA) is 37.4 Å². The number of carbonyl (C=O) groups is 2. The van der Waals surface area contributed by atoms with Crippen LogP contribution in [0.1, 0.15) is 40.0 Å². The Morgan fingerprint density at radius 1 is 1.20 bits per heavy atom. The quantitative estimate of drug-likeness (QED) is 0.667. The Bertz CT molecular complexity index is 262. The SMILES string of the molecule is CCC(C)CC1C(=O)N(C)C(=O)C1CC. The number of amides is 2. The molecule has 1 fully saturated rings. The molecule has 0 bridgehead atoms. The number of nitrogens with zero attached hydrogens (tertiary/aromatic N) is 1. The van der Waals surface area contributed by atoms with Gasteiger partial charge in [-0.3, -0.25) is 14.5 Å². The molecule has 86 valence electrons. The molecule has 0 spiro atoms. The van der Waals surface area contributed by atoms with Gasteiger partial charge in [-0.05, 0) is 18.8 Å². The van der Waals surface area contributed by atoms with Crippen molar-refractivity contribution in [2.75, 3.05) is 7.05 Å². The summed E-state index contributed by atoms with van der Waals surface area (Å²) < 4.78 is 0. The monoisotopic (exact) mass is 211 g/mol. The highest BCUT2D eigenvalue weighted by Gasteiger charge is 2.44. The van der Waals surface area contributed by atoms with Crippen LogP contribution in [0.4, 0.5) is 0 Å². The highest BCUT2D eigenvalue weighted by molar-refractivity contribution is 6.04. The molecular formula is C12H21NO2. The average Bonchev–Trinajstić information content (AvgIpc) is 2.43. The fourth-order valence-electron chi connectivity index (χ4n) is 2.27. The molecule has 2 amide bonds. The zero-order valence-corrected chi connectivity index (χ0v) is 10.1. The fourth-order valence-corrected chi connectivity index (χ4v) is 2.27. The van der Waals surface area contributed by atoms with Crippen molar-refractivity contribution in [2.24, 2.45) is 17.8 Å². The van der Waals surface area contributed by atoms with E-state index in [4.69, 9.17) is 0 Å². The summed E-state index contributed by atoms with van der Waals surface area (Å²) in [5.41, 5.74) is 0. The Kier molecular flexibility index (Phi) is 3.89. The molecule has 3 unspecified atom stereocenters. The minimum Gasteiger partial charge on any atom is -0.285 e. The van der Waals surface area contributed by atoms with Crippen LogP contribution in [0.2, 0.25) is 0 Å². The summed E-state index contributed by atoms with van der Waals surface area (Å²) in [7, 11) is 1.60. The molecule has 0 N–H and O–H groups in total. The molecule has 0 aromatic carbocycles. The van der Waals surface area contributed by atoms with E-state index in [9.17, 15) is 9.59 Å². The Morgan fingerprint density at radius 2 is 1.73 bits per heavy atom. The van der Waals surface area contributed by atoms with Crippen molar-refractivity contribution in [1.29, 1.82) is 0 Å². The molecule has 1 rings (SSSR count). The molecule has 3 atom stereocenters. The summed E-state index contributed by atoms with van der Waals surface area (Å²) in [6.07, 6.45) is 2.69. The number of hydrogen-bond acceptors (Lipinski definition) is 2. The maximum Gasteiger partial charge on any atom is 0.232 e. The van der Waals surface area contributed by atoms with Gasteiger partial charge in [0.1, 0.15) is 0 Å². The largest absolute Gasteiger partial charge is 0.285 e. The van der Waals surface area contributed by atoms with Gasteiger partial charge in [0.2, 0.25) is 11.8 Å². The maximum absolute atomic E-state index is 11.8. The van der Waals surface area contributed by atoms with Crippen LogP contribution in [0.25, 0.3) is 0 Å². The molecule has 1 saturated heterocycles. The smallest absolute Gasteiger partial charge is 0.232 e. The molecular weight excluding hydrogens is 190 g/mol. The van der Waals surface area contributed by atoms with Crippen LogP contribution < -0.4 is 0 Å². The van der Waals surface area contributed by atoms with E-state index in [0.717, 1.165) is 19.3 Å². The Hall–Kier alpha value is -0.860. The van der Waals surface area contributed by atoms with Crippen LogP contribution in [0, 0.1) is 17.8 Å². The standard InChI is InChI=1S/C12H21NO2/c1-5-8(3)7-10-9(6-2)11(14)13(4)12(10)15/h8-10H,5-7H2,1-4H3. The summed E-state index contributed by atoms with van der Waals surface area (Å²) in [6, 6.07) is 0. The predicted molar refractivity (Wildman–Crippen MR) is 59.1 cm³/mol. The van der Waals surface area contributed by atoms with Gasteiger partial charge in [0, 0.05) is 13.0 Å². The van der Waals surface area contributed by atoms with Gasteiger partial charge in [0.15, 0.2) is 0 Å². The van der Waals surface area contributed by atoms with E-state index in [1.807, 2.05) is 6.92 Å². The van der Waals surface area contributed by atoms with E-state index in [0.29, 0.717) is 5.92 Å². The highest BCUT2D eigenvalue weighted by atomic mass is 16.2. The van der Waals surface area contributed by atoms with Crippen LogP contribution in [-0.2, 0) is 9.59 Å². The van der Waals surface area contributed by atoms with E-state index in [1.165, 1.54) is 4.90 Å². The van der Waals surface area contributed by atoms with Gasteiger partial charge in [-0.15, -0.1) is 0 Å². The lowest BCUT2D eigenvalue weighted by Gasteiger charge is -2.17. The molecule has 3 heteroatoms. The zero-order valence-electron chi connectivity index (χ0n) is 10.1. The van der Waals surface area contributed by atoms with E-state index in [2.05, 4.69) is 13.8 Å². The summed E-state index contributed by atoms with van der Waals surface area (Å²) in [6.45, 7) is 6.25. The van der Waals surface area contributed by atoms with Crippen molar-refractivity contribution in [2.45, 2.75) is 40.0 Å². The van der Waals surface area contributed by atoms with Gasteiger partial charge in [-0.25, -0.2) is 0 Å². The van der Waals surface area contributed by atoms with E-state index in [-0.39, 0.29) is 23.7 Å². The zero-order chi connectivity index (χ0) is 11.6. The van der Waals surface area contributed by atoms with Gasteiger partial charge in [-0.1, -0.05) is 27.2 Å². The first-order chi connectivity index (χ1) is 7.02. The molecule has 15 heavy (non-hydrogen) atoms. The van der Waals surface area contributed by atoms with Gasteiger partial charge >= 0.3 is 0 Å². The molecule has 0 saturated carbocycles. The van der Waals surface area contributed by atoms with Crippen LogP contribution in [-0.4, -0.2) is 23.8 Å². The van der Waals surface area contributed by atoms with E-state index in [1.54, 1.807) is 7.05 Å². The van der Waals surface area contributed by atoms with Gasteiger partial charge < -0.3 is 0 Å². The molecule has 0 aromatic heterocycles. The summed E-state index contributed by atoms with van der Waals surface area (Å²) in [5, 5.41) is 0. The minimum absolute atomic E-state index is 0.0100.